The number of rotatable bonds is 4. The van der Waals surface area contributed by atoms with E-state index >= 15 is 0 Å². The van der Waals surface area contributed by atoms with Crippen molar-refractivity contribution >= 4 is 23.2 Å². The molecule has 1 heterocycles. The van der Waals surface area contributed by atoms with Crippen molar-refractivity contribution in [3.05, 3.63) is 51.0 Å². The van der Waals surface area contributed by atoms with Crippen LogP contribution in [0.3, 0.4) is 0 Å². The van der Waals surface area contributed by atoms with Crippen LogP contribution in [0.15, 0.2) is 18.2 Å². The van der Waals surface area contributed by atoms with E-state index in [1.807, 2.05) is 13.8 Å². The molecule has 108 valence electrons. The Morgan fingerprint density at radius 1 is 1.40 bits per heavy atom. The Hall–Kier alpha value is -1.10. The standard InChI is InChI=1S/C14H16Cl2FN3/c1-3-20-13(14(16)8(2)19-20)7-12(18)10-6-9(15)4-5-11(10)17/h4-6,12H,3,7,18H2,1-2H3. The van der Waals surface area contributed by atoms with Crippen molar-refractivity contribution < 1.29 is 4.39 Å². The summed E-state index contributed by atoms with van der Waals surface area (Å²) in [7, 11) is 0. The maximum atomic E-state index is 13.8. The van der Waals surface area contributed by atoms with E-state index in [1.165, 1.54) is 12.1 Å². The van der Waals surface area contributed by atoms with Gasteiger partial charge >= 0.3 is 0 Å². The third-order valence-electron chi connectivity index (χ3n) is 3.22. The molecule has 1 unspecified atom stereocenters. The molecule has 0 aliphatic heterocycles. The molecule has 0 spiro atoms. The van der Waals surface area contributed by atoms with E-state index in [-0.39, 0.29) is 5.82 Å². The molecular weight excluding hydrogens is 300 g/mol. The van der Waals surface area contributed by atoms with Crippen molar-refractivity contribution in [1.29, 1.82) is 0 Å². The van der Waals surface area contributed by atoms with Crippen LogP contribution in [0, 0.1) is 12.7 Å². The van der Waals surface area contributed by atoms with Gasteiger partial charge in [0.2, 0.25) is 0 Å². The van der Waals surface area contributed by atoms with Crippen LogP contribution < -0.4 is 5.73 Å². The van der Waals surface area contributed by atoms with Gasteiger partial charge in [-0.1, -0.05) is 23.2 Å². The second-order valence-electron chi connectivity index (χ2n) is 4.64. The minimum atomic E-state index is -0.521. The highest BCUT2D eigenvalue weighted by Crippen LogP contribution is 2.27. The lowest BCUT2D eigenvalue weighted by Crippen LogP contribution is -2.17. The van der Waals surface area contributed by atoms with Crippen LogP contribution in [-0.4, -0.2) is 9.78 Å². The van der Waals surface area contributed by atoms with E-state index in [4.69, 9.17) is 28.9 Å². The maximum Gasteiger partial charge on any atom is 0.128 e. The topological polar surface area (TPSA) is 43.8 Å². The zero-order valence-electron chi connectivity index (χ0n) is 11.3. The van der Waals surface area contributed by atoms with Gasteiger partial charge in [0.1, 0.15) is 5.82 Å². The van der Waals surface area contributed by atoms with E-state index in [1.54, 1.807) is 10.7 Å². The summed E-state index contributed by atoms with van der Waals surface area (Å²) in [6, 6.07) is 3.85. The van der Waals surface area contributed by atoms with Gasteiger partial charge < -0.3 is 5.73 Å². The lowest BCUT2D eigenvalue weighted by atomic mass is 10.0. The van der Waals surface area contributed by atoms with Gasteiger partial charge in [-0.25, -0.2) is 4.39 Å². The summed E-state index contributed by atoms with van der Waals surface area (Å²) in [4.78, 5) is 0. The Morgan fingerprint density at radius 2 is 2.10 bits per heavy atom. The summed E-state index contributed by atoms with van der Waals surface area (Å²) in [6.45, 7) is 4.49. The van der Waals surface area contributed by atoms with Crippen LogP contribution in [0.5, 0.6) is 0 Å². The summed E-state index contributed by atoms with van der Waals surface area (Å²) < 4.78 is 15.6. The minimum Gasteiger partial charge on any atom is -0.324 e. The number of benzene rings is 1. The van der Waals surface area contributed by atoms with Crippen molar-refractivity contribution in [2.75, 3.05) is 0 Å². The summed E-state index contributed by atoms with van der Waals surface area (Å²) in [6.07, 6.45) is 0.408. The summed E-state index contributed by atoms with van der Waals surface area (Å²) in [5, 5.41) is 5.37. The average molecular weight is 316 g/mol. The number of hydrogen-bond acceptors (Lipinski definition) is 2. The minimum absolute atomic E-state index is 0.364. The highest BCUT2D eigenvalue weighted by molar-refractivity contribution is 6.32. The average Bonchev–Trinajstić information content (AvgIpc) is 2.69. The normalized spacial score (nSPS) is 12.7. The number of hydrogen-bond donors (Lipinski definition) is 1. The Balaban J connectivity index is 2.32. The third-order valence-corrected chi connectivity index (χ3v) is 3.95. The highest BCUT2D eigenvalue weighted by Gasteiger charge is 2.19. The maximum absolute atomic E-state index is 13.8. The molecule has 1 aromatic heterocycles. The first kappa shape index (κ1) is 15.3. The lowest BCUT2D eigenvalue weighted by molar-refractivity contribution is 0.555. The van der Waals surface area contributed by atoms with Gasteiger partial charge in [-0.05, 0) is 32.0 Å². The molecule has 1 atom stereocenters. The van der Waals surface area contributed by atoms with Gasteiger partial charge in [0.25, 0.3) is 0 Å². The van der Waals surface area contributed by atoms with Gasteiger partial charge in [0, 0.05) is 29.6 Å². The van der Waals surface area contributed by atoms with Crippen molar-refractivity contribution in [1.82, 2.24) is 9.78 Å². The summed E-state index contributed by atoms with van der Waals surface area (Å²) >= 11 is 12.1. The van der Waals surface area contributed by atoms with Crippen LogP contribution in [-0.2, 0) is 13.0 Å². The fourth-order valence-electron chi connectivity index (χ4n) is 2.18. The number of aromatic nitrogens is 2. The first-order chi connectivity index (χ1) is 9.43. The Morgan fingerprint density at radius 3 is 2.75 bits per heavy atom. The molecule has 0 fully saturated rings. The Bertz CT molecular complexity index is 625. The molecule has 2 aromatic rings. The predicted molar refractivity (Wildman–Crippen MR) is 79.7 cm³/mol. The largest absolute Gasteiger partial charge is 0.324 e. The molecule has 0 saturated heterocycles. The molecular formula is C14H16Cl2FN3. The molecule has 3 nitrogen and oxygen atoms in total. The SMILES string of the molecule is CCn1nc(C)c(Cl)c1CC(N)c1cc(Cl)ccc1F. The van der Waals surface area contributed by atoms with Crippen LogP contribution >= 0.6 is 23.2 Å². The van der Waals surface area contributed by atoms with E-state index < -0.39 is 6.04 Å². The van der Waals surface area contributed by atoms with Gasteiger partial charge in [-0.2, -0.15) is 5.10 Å². The van der Waals surface area contributed by atoms with Crippen molar-refractivity contribution in [2.24, 2.45) is 5.73 Å². The Labute approximate surface area is 127 Å². The monoisotopic (exact) mass is 315 g/mol. The molecule has 0 radical (unpaired) electrons. The van der Waals surface area contributed by atoms with Crippen LogP contribution in [0.1, 0.15) is 29.9 Å². The first-order valence-corrected chi connectivity index (χ1v) is 7.12. The van der Waals surface area contributed by atoms with Gasteiger partial charge in [-0.3, -0.25) is 4.68 Å². The molecule has 0 aliphatic rings. The molecule has 20 heavy (non-hydrogen) atoms. The third kappa shape index (κ3) is 2.97. The second-order valence-corrected chi connectivity index (χ2v) is 5.45. The van der Waals surface area contributed by atoms with E-state index in [9.17, 15) is 4.39 Å². The number of aryl methyl sites for hydroxylation is 2. The molecule has 2 rings (SSSR count). The lowest BCUT2D eigenvalue weighted by Gasteiger charge is -2.14. The van der Waals surface area contributed by atoms with Crippen molar-refractivity contribution in [3.8, 4) is 0 Å². The van der Waals surface area contributed by atoms with Crippen LogP contribution in [0.2, 0.25) is 10.0 Å². The van der Waals surface area contributed by atoms with Gasteiger partial charge in [0.15, 0.2) is 0 Å². The zero-order chi connectivity index (χ0) is 14.9. The molecule has 0 bridgehead atoms. The number of nitrogens with two attached hydrogens (primary N) is 1. The number of halogens is 3. The second kappa shape index (κ2) is 6.12. The molecule has 0 saturated carbocycles. The first-order valence-electron chi connectivity index (χ1n) is 6.36. The van der Waals surface area contributed by atoms with Crippen LogP contribution in [0.25, 0.3) is 0 Å². The Kier molecular flexibility index (Phi) is 4.68. The van der Waals surface area contributed by atoms with Crippen molar-refractivity contribution in [2.45, 2.75) is 32.9 Å². The summed E-state index contributed by atoms with van der Waals surface area (Å²) in [5.41, 5.74) is 8.05. The molecule has 6 heteroatoms. The number of nitrogens with zero attached hydrogens (tertiary/aromatic N) is 2. The fraction of sp³-hybridized carbons (Fsp3) is 0.357. The summed E-state index contributed by atoms with van der Waals surface area (Å²) in [5.74, 6) is -0.364. The van der Waals surface area contributed by atoms with Crippen molar-refractivity contribution in [3.63, 3.8) is 0 Å². The van der Waals surface area contributed by atoms with Gasteiger partial charge in [-0.15, -0.1) is 0 Å². The van der Waals surface area contributed by atoms with E-state index in [2.05, 4.69) is 5.10 Å². The fourth-order valence-corrected chi connectivity index (χ4v) is 2.57. The smallest absolute Gasteiger partial charge is 0.128 e. The predicted octanol–water partition coefficient (Wildman–Crippen LogP) is 3.90. The highest BCUT2D eigenvalue weighted by atomic mass is 35.5. The van der Waals surface area contributed by atoms with Crippen LogP contribution in [0.4, 0.5) is 4.39 Å². The molecule has 0 amide bonds. The van der Waals surface area contributed by atoms with E-state index in [0.717, 1.165) is 11.4 Å². The molecule has 0 aliphatic carbocycles. The molecule has 1 aromatic carbocycles. The zero-order valence-corrected chi connectivity index (χ0v) is 12.8. The quantitative estimate of drug-likeness (QED) is 0.929. The molecule has 2 N–H and O–H groups in total. The van der Waals surface area contributed by atoms with Gasteiger partial charge in [0.05, 0.1) is 16.4 Å². The van der Waals surface area contributed by atoms with E-state index in [0.29, 0.717) is 28.6 Å².